The molecular weight excluding hydrogens is 282 g/mol. The zero-order chi connectivity index (χ0) is 15.9. The van der Waals surface area contributed by atoms with Crippen LogP contribution in [0.4, 0.5) is 0 Å². The third-order valence-corrected chi connectivity index (χ3v) is 3.08. The predicted octanol–water partition coefficient (Wildman–Crippen LogP) is 0.360. The molecule has 0 unspecified atom stereocenters. The molecular formula is C16H17N3O3. The third-order valence-electron chi connectivity index (χ3n) is 3.08. The largest absolute Gasteiger partial charge is 0.351 e. The highest BCUT2D eigenvalue weighted by atomic mass is 16.2. The smallest absolute Gasteiger partial charge is 0.331 e. The van der Waals surface area contributed by atoms with Crippen molar-refractivity contribution in [3.05, 3.63) is 81.7 Å². The molecule has 1 N–H and O–H groups in total. The molecule has 6 nitrogen and oxygen atoms in total. The molecule has 2 aromatic rings. The van der Waals surface area contributed by atoms with Crippen LogP contribution in [-0.2, 0) is 17.9 Å². The maximum atomic E-state index is 12.3. The fourth-order valence-electron chi connectivity index (χ4n) is 1.99. The molecule has 0 saturated heterocycles. The number of carbonyl (C=O) groups excluding carboxylic acids is 1. The van der Waals surface area contributed by atoms with Crippen molar-refractivity contribution in [1.82, 2.24) is 14.5 Å². The Morgan fingerprint density at radius 3 is 2.59 bits per heavy atom. The van der Waals surface area contributed by atoms with Crippen LogP contribution in [0.3, 0.4) is 0 Å². The Hall–Kier alpha value is -2.89. The van der Waals surface area contributed by atoms with Gasteiger partial charge in [0.2, 0.25) is 5.91 Å². The maximum Gasteiger partial charge on any atom is 0.331 e. The van der Waals surface area contributed by atoms with Gasteiger partial charge in [-0.1, -0.05) is 36.4 Å². The molecule has 0 bridgehead atoms. The quantitative estimate of drug-likeness (QED) is 0.783. The van der Waals surface area contributed by atoms with Crippen molar-refractivity contribution in [2.45, 2.75) is 13.1 Å². The predicted molar refractivity (Wildman–Crippen MR) is 83.7 cm³/mol. The van der Waals surface area contributed by atoms with Crippen molar-refractivity contribution in [2.75, 3.05) is 6.54 Å². The van der Waals surface area contributed by atoms with Crippen LogP contribution >= 0.6 is 0 Å². The maximum absolute atomic E-state index is 12.3. The fraction of sp³-hybridized carbons (Fsp3) is 0.188. The Labute approximate surface area is 127 Å². The van der Waals surface area contributed by atoms with E-state index in [4.69, 9.17) is 0 Å². The van der Waals surface area contributed by atoms with Crippen molar-refractivity contribution < 1.29 is 4.79 Å². The Bertz CT molecular complexity index is 775. The number of carbonyl (C=O) groups is 1. The second-order valence-corrected chi connectivity index (χ2v) is 4.73. The first-order valence-electron chi connectivity index (χ1n) is 6.83. The minimum Gasteiger partial charge on any atom is -0.351 e. The number of nitrogens with one attached hydrogen (secondary N) is 1. The van der Waals surface area contributed by atoms with E-state index in [1.165, 1.54) is 22.9 Å². The monoisotopic (exact) mass is 299 g/mol. The molecule has 0 aliphatic carbocycles. The number of amides is 1. The summed E-state index contributed by atoms with van der Waals surface area (Å²) in [7, 11) is 0. The van der Waals surface area contributed by atoms with Crippen molar-refractivity contribution in [3.63, 3.8) is 0 Å². The van der Waals surface area contributed by atoms with Gasteiger partial charge < -0.3 is 5.32 Å². The lowest BCUT2D eigenvalue weighted by Crippen LogP contribution is -2.43. The van der Waals surface area contributed by atoms with E-state index >= 15 is 0 Å². The highest BCUT2D eigenvalue weighted by Gasteiger charge is 2.09. The van der Waals surface area contributed by atoms with Crippen LogP contribution < -0.4 is 16.6 Å². The highest BCUT2D eigenvalue weighted by molar-refractivity contribution is 5.75. The second-order valence-electron chi connectivity index (χ2n) is 4.73. The molecule has 2 rings (SSSR count). The average molecular weight is 299 g/mol. The lowest BCUT2D eigenvalue weighted by atomic mass is 10.2. The summed E-state index contributed by atoms with van der Waals surface area (Å²) in [5.74, 6) is -0.406. The van der Waals surface area contributed by atoms with Crippen LogP contribution in [0.25, 0.3) is 0 Å². The summed E-state index contributed by atoms with van der Waals surface area (Å²) >= 11 is 0. The summed E-state index contributed by atoms with van der Waals surface area (Å²) in [6, 6.07) is 10.7. The van der Waals surface area contributed by atoms with Gasteiger partial charge in [0.25, 0.3) is 5.56 Å². The van der Waals surface area contributed by atoms with Gasteiger partial charge in [0.15, 0.2) is 0 Å². The molecule has 0 aliphatic heterocycles. The zero-order valence-electron chi connectivity index (χ0n) is 12.1. The molecule has 1 heterocycles. The van der Waals surface area contributed by atoms with Gasteiger partial charge in [-0.15, -0.1) is 6.58 Å². The summed E-state index contributed by atoms with van der Waals surface area (Å²) in [5.41, 5.74) is -0.0703. The Morgan fingerprint density at radius 1 is 1.18 bits per heavy atom. The molecule has 22 heavy (non-hydrogen) atoms. The number of hydrogen-bond acceptors (Lipinski definition) is 3. The lowest BCUT2D eigenvalue weighted by molar-refractivity contribution is -0.121. The van der Waals surface area contributed by atoms with Crippen LogP contribution in [0.15, 0.2) is 64.8 Å². The number of benzene rings is 1. The van der Waals surface area contributed by atoms with Gasteiger partial charge in [0, 0.05) is 18.8 Å². The molecule has 0 fully saturated rings. The van der Waals surface area contributed by atoms with E-state index in [2.05, 4.69) is 11.9 Å². The Morgan fingerprint density at radius 2 is 1.91 bits per heavy atom. The van der Waals surface area contributed by atoms with Crippen LogP contribution in [0.1, 0.15) is 5.56 Å². The minimum absolute atomic E-state index is 0.290. The zero-order valence-corrected chi connectivity index (χ0v) is 12.1. The van der Waals surface area contributed by atoms with Crippen molar-refractivity contribution in [1.29, 1.82) is 0 Å². The van der Waals surface area contributed by atoms with Crippen LogP contribution in [0, 0.1) is 0 Å². The molecule has 0 atom stereocenters. The van der Waals surface area contributed by atoms with Gasteiger partial charge in [0.05, 0.1) is 6.54 Å². The van der Waals surface area contributed by atoms with E-state index in [1.54, 1.807) is 0 Å². The van der Waals surface area contributed by atoms with E-state index in [-0.39, 0.29) is 6.54 Å². The van der Waals surface area contributed by atoms with Gasteiger partial charge in [0.1, 0.15) is 6.54 Å². The summed E-state index contributed by atoms with van der Waals surface area (Å²) in [6.45, 7) is 3.81. The standard InChI is InChI=1S/C16H17N3O3/c1-2-9-17-14(20)12-19-15(21)8-10-18(16(19)22)11-13-6-4-3-5-7-13/h2-8,10H,1,9,11-12H2,(H,17,20). The van der Waals surface area contributed by atoms with Crippen LogP contribution in [0.5, 0.6) is 0 Å². The second kappa shape index (κ2) is 7.21. The summed E-state index contributed by atoms with van der Waals surface area (Å²) in [5, 5.41) is 2.54. The minimum atomic E-state index is -0.509. The van der Waals surface area contributed by atoms with Crippen molar-refractivity contribution in [3.8, 4) is 0 Å². The van der Waals surface area contributed by atoms with E-state index in [0.717, 1.165) is 10.1 Å². The molecule has 0 spiro atoms. The van der Waals surface area contributed by atoms with Crippen molar-refractivity contribution in [2.24, 2.45) is 0 Å². The molecule has 0 radical (unpaired) electrons. The van der Waals surface area contributed by atoms with Crippen molar-refractivity contribution >= 4 is 5.91 Å². The number of nitrogens with zero attached hydrogens (tertiary/aromatic N) is 2. The normalized spacial score (nSPS) is 10.2. The van der Waals surface area contributed by atoms with Gasteiger partial charge in [-0.25, -0.2) is 4.79 Å². The third kappa shape index (κ3) is 3.82. The number of aromatic nitrogens is 2. The fourth-order valence-corrected chi connectivity index (χ4v) is 1.99. The number of rotatable bonds is 6. The molecule has 114 valence electrons. The van der Waals surface area contributed by atoms with Gasteiger partial charge in [-0.3, -0.25) is 18.7 Å². The Balaban J connectivity index is 2.26. The average Bonchev–Trinajstić information content (AvgIpc) is 2.53. The van der Waals surface area contributed by atoms with E-state index < -0.39 is 17.2 Å². The molecule has 0 aliphatic rings. The van der Waals surface area contributed by atoms with Crippen LogP contribution in [-0.4, -0.2) is 21.6 Å². The first-order chi connectivity index (χ1) is 10.6. The first kappa shape index (κ1) is 15.5. The van der Waals surface area contributed by atoms with Gasteiger partial charge in [-0.05, 0) is 5.56 Å². The topological polar surface area (TPSA) is 73.1 Å². The number of hydrogen-bond donors (Lipinski definition) is 1. The van der Waals surface area contributed by atoms with E-state index in [1.807, 2.05) is 30.3 Å². The Kier molecular flexibility index (Phi) is 5.08. The molecule has 1 aromatic heterocycles. The summed E-state index contributed by atoms with van der Waals surface area (Å²) in [4.78, 5) is 35.8. The van der Waals surface area contributed by atoms with E-state index in [9.17, 15) is 14.4 Å². The van der Waals surface area contributed by atoms with E-state index in [0.29, 0.717) is 13.1 Å². The van der Waals surface area contributed by atoms with Gasteiger partial charge in [-0.2, -0.15) is 0 Å². The molecule has 1 amide bonds. The summed E-state index contributed by atoms with van der Waals surface area (Å²) < 4.78 is 2.32. The summed E-state index contributed by atoms with van der Waals surface area (Å²) in [6.07, 6.45) is 2.97. The molecule has 0 saturated carbocycles. The molecule has 6 heteroatoms. The SMILES string of the molecule is C=CCNC(=O)Cn1c(=O)ccn(Cc2ccccc2)c1=O. The highest BCUT2D eigenvalue weighted by Crippen LogP contribution is 1.99. The first-order valence-corrected chi connectivity index (χ1v) is 6.83. The lowest BCUT2D eigenvalue weighted by Gasteiger charge is -2.10. The van der Waals surface area contributed by atoms with Gasteiger partial charge >= 0.3 is 5.69 Å². The van der Waals surface area contributed by atoms with Crippen LogP contribution in [0.2, 0.25) is 0 Å². The molecule has 1 aromatic carbocycles.